The first-order chi connectivity index (χ1) is 13.2. The molecule has 144 valence electrons. The second-order valence-electron chi connectivity index (χ2n) is 7.37. The Morgan fingerprint density at radius 2 is 2.22 bits per heavy atom. The van der Waals surface area contributed by atoms with Crippen molar-refractivity contribution in [3.63, 3.8) is 0 Å². The number of hydrogen-bond donors (Lipinski definition) is 0. The zero-order chi connectivity index (χ0) is 18.7. The van der Waals surface area contributed by atoms with Gasteiger partial charge >= 0.3 is 0 Å². The van der Waals surface area contributed by atoms with Crippen LogP contribution >= 0.6 is 0 Å². The molecule has 2 aliphatic rings. The van der Waals surface area contributed by atoms with E-state index < -0.39 is 0 Å². The minimum atomic E-state index is -0.266. The van der Waals surface area contributed by atoms with Crippen molar-refractivity contribution in [3.05, 3.63) is 30.4 Å². The lowest BCUT2D eigenvalue weighted by Crippen LogP contribution is -2.50. The summed E-state index contributed by atoms with van der Waals surface area (Å²) in [5, 5.41) is 8.29. The van der Waals surface area contributed by atoms with Crippen LogP contribution in [-0.4, -0.2) is 70.8 Å². The Morgan fingerprint density at radius 3 is 3.04 bits per heavy atom. The Balaban J connectivity index is 1.40. The van der Waals surface area contributed by atoms with Gasteiger partial charge in [0.25, 0.3) is 0 Å². The number of carbonyl (C=O) groups excluding carboxylic acids is 1. The molecule has 8 heteroatoms. The average molecular weight is 371 g/mol. The number of ether oxygens (including phenoxy) is 1. The van der Waals surface area contributed by atoms with E-state index in [9.17, 15) is 4.79 Å². The number of rotatable bonds is 6. The zero-order valence-corrected chi connectivity index (χ0v) is 15.6. The molecule has 27 heavy (non-hydrogen) atoms. The van der Waals surface area contributed by atoms with Crippen LogP contribution < -0.4 is 0 Å². The van der Waals surface area contributed by atoms with Crippen LogP contribution in [0.4, 0.5) is 0 Å². The van der Waals surface area contributed by atoms with Crippen molar-refractivity contribution < 1.29 is 13.9 Å². The SMILES string of the molecule is COCCN1CCCC2(CCN(Cc3nnc(-c4cccnc4)o3)C2)C1=O. The highest BCUT2D eigenvalue weighted by atomic mass is 16.5. The largest absolute Gasteiger partial charge is 0.419 e. The molecule has 2 aromatic heterocycles. The number of methoxy groups -OCH3 is 1. The molecule has 0 aliphatic carbocycles. The van der Waals surface area contributed by atoms with Gasteiger partial charge in [-0.05, 0) is 37.9 Å². The summed E-state index contributed by atoms with van der Waals surface area (Å²) in [6.07, 6.45) is 6.31. The molecule has 1 unspecified atom stereocenters. The number of amides is 1. The van der Waals surface area contributed by atoms with E-state index in [-0.39, 0.29) is 11.3 Å². The van der Waals surface area contributed by atoms with E-state index in [2.05, 4.69) is 20.1 Å². The van der Waals surface area contributed by atoms with E-state index in [1.54, 1.807) is 19.5 Å². The lowest BCUT2D eigenvalue weighted by molar-refractivity contribution is -0.146. The maximum Gasteiger partial charge on any atom is 0.249 e. The predicted molar refractivity (Wildman–Crippen MR) is 97.5 cm³/mol. The number of likely N-dealkylation sites (tertiary alicyclic amines) is 2. The molecule has 1 atom stereocenters. The van der Waals surface area contributed by atoms with Crippen LogP contribution in [0.3, 0.4) is 0 Å². The van der Waals surface area contributed by atoms with Crippen LogP contribution in [0.5, 0.6) is 0 Å². The maximum absolute atomic E-state index is 13.0. The summed E-state index contributed by atoms with van der Waals surface area (Å²) in [6.45, 7) is 4.29. The highest BCUT2D eigenvalue weighted by Gasteiger charge is 2.48. The molecule has 0 bridgehead atoms. The van der Waals surface area contributed by atoms with Gasteiger partial charge in [0.05, 0.1) is 24.1 Å². The second-order valence-corrected chi connectivity index (χ2v) is 7.37. The zero-order valence-electron chi connectivity index (χ0n) is 15.6. The number of piperidine rings is 1. The van der Waals surface area contributed by atoms with Gasteiger partial charge < -0.3 is 14.1 Å². The first kappa shape index (κ1) is 18.1. The molecule has 0 saturated carbocycles. The van der Waals surface area contributed by atoms with Gasteiger partial charge in [0.15, 0.2) is 0 Å². The number of hydrogen-bond acceptors (Lipinski definition) is 7. The Labute approximate surface area is 158 Å². The van der Waals surface area contributed by atoms with E-state index >= 15 is 0 Å². The summed E-state index contributed by atoms with van der Waals surface area (Å²) in [5.41, 5.74) is 0.545. The van der Waals surface area contributed by atoms with Crippen LogP contribution in [0.2, 0.25) is 0 Å². The topological polar surface area (TPSA) is 84.6 Å². The normalized spacial score (nSPS) is 23.4. The van der Waals surface area contributed by atoms with Crippen molar-refractivity contribution in [2.24, 2.45) is 5.41 Å². The maximum atomic E-state index is 13.0. The lowest BCUT2D eigenvalue weighted by Gasteiger charge is -2.39. The van der Waals surface area contributed by atoms with Crippen LogP contribution in [0.15, 0.2) is 28.9 Å². The van der Waals surface area contributed by atoms with Crippen molar-refractivity contribution in [1.29, 1.82) is 0 Å². The summed E-state index contributed by atoms with van der Waals surface area (Å²) < 4.78 is 10.9. The van der Waals surface area contributed by atoms with Gasteiger partial charge in [0, 0.05) is 39.1 Å². The molecule has 4 heterocycles. The molecule has 2 aromatic rings. The summed E-state index contributed by atoms with van der Waals surface area (Å²) >= 11 is 0. The molecule has 2 fully saturated rings. The van der Waals surface area contributed by atoms with Crippen LogP contribution in [-0.2, 0) is 16.1 Å². The fourth-order valence-corrected chi connectivity index (χ4v) is 4.15. The van der Waals surface area contributed by atoms with Crippen molar-refractivity contribution >= 4 is 5.91 Å². The summed E-state index contributed by atoms with van der Waals surface area (Å²) in [5.74, 6) is 1.33. The summed E-state index contributed by atoms with van der Waals surface area (Å²) in [7, 11) is 1.67. The monoisotopic (exact) mass is 371 g/mol. The third-order valence-electron chi connectivity index (χ3n) is 5.56. The van der Waals surface area contributed by atoms with Gasteiger partial charge in [-0.1, -0.05) is 0 Å². The molecule has 4 rings (SSSR count). The van der Waals surface area contributed by atoms with Crippen molar-refractivity contribution in [2.75, 3.05) is 39.9 Å². The molecule has 1 amide bonds. The minimum Gasteiger partial charge on any atom is -0.419 e. The Kier molecular flexibility index (Phi) is 5.18. The molecule has 8 nitrogen and oxygen atoms in total. The lowest BCUT2D eigenvalue weighted by atomic mass is 9.78. The van der Waals surface area contributed by atoms with Gasteiger partial charge in [-0.2, -0.15) is 0 Å². The Bertz CT molecular complexity index is 781. The van der Waals surface area contributed by atoms with Crippen molar-refractivity contribution in [2.45, 2.75) is 25.8 Å². The molecule has 2 aliphatic heterocycles. The molecule has 0 N–H and O–H groups in total. The van der Waals surface area contributed by atoms with Gasteiger partial charge in [-0.15, -0.1) is 10.2 Å². The van der Waals surface area contributed by atoms with E-state index in [0.717, 1.165) is 44.5 Å². The fraction of sp³-hybridized carbons (Fsp3) is 0.579. The standard InChI is InChI=1S/C19H25N5O3/c1-26-11-10-24-8-3-5-19(18(24)25)6-9-23(14-19)13-16-21-22-17(27-16)15-4-2-7-20-12-15/h2,4,7,12H,3,5-6,8-11,13-14H2,1H3. The summed E-state index contributed by atoms with van der Waals surface area (Å²) in [4.78, 5) is 21.3. The van der Waals surface area contributed by atoms with Crippen LogP contribution in [0.25, 0.3) is 11.5 Å². The predicted octanol–water partition coefficient (Wildman–Crippen LogP) is 1.59. The van der Waals surface area contributed by atoms with E-state index in [4.69, 9.17) is 9.15 Å². The molecular weight excluding hydrogens is 346 g/mol. The Morgan fingerprint density at radius 1 is 1.30 bits per heavy atom. The van der Waals surface area contributed by atoms with Crippen LogP contribution in [0, 0.1) is 5.41 Å². The number of pyridine rings is 1. The number of nitrogens with zero attached hydrogens (tertiary/aromatic N) is 5. The average Bonchev–Trinajstić information content (AvgIpc) is 3.32. The quantitative estimate of drug-likeness (QED) is 0.762. The Hall–Kier alpha value is -2.32. The third kappa shape index (κ3) is 3.72. The second kappa shape index (κ2) is 7.74. The van der Waals surface area contributed by atoms with Gasteiger partial charge in [0.2, 0.25) is 17.7 Å². The highest BCUT2D eigenvalue weighted by molar-refractivity contribution is 5.84. The third-order valence-corrected chi connectivity index (χ3v) is 5.56. The number of carbonyl (C=O) groups is 1. The molecule has 0 aromatic carbocycles. The van der Waals surface area contributed by atoms with Crippen molar-refractivity contribution in [1.82, 2.24) is 25.0 Å². The molecular formula is C19H25N5O3. The highest BCUT2D eigenvalue weighted by Crippen LogP contribution is 2.40. The first-order valence-corrected chi connectivity index (χ1v) is 9.44. The first-order valence-electron chi connectivity index (χ1n) is 9.44. The van der Waals surface area contributed by atoms with Gasteiger partial charge in [-0.25, -0.2) is 0 Å². The van der Waals surface area contributed by atoms with Gasteiger partial charge in [0.1, 0.15) is 0 Å². The van der Waals surface area contributed by atoms with Gasteiger partial charge in [-0.3, -0.25) is 14.7 Å². The molecule has 2 saturated heterocycles. The fourth-order valence-electron chi connectivity index (χ4n) is 4.15. The molecule has 1 spiro atoms. The number of aromatic nitrogens is 3. The van der Waals surface area contributed by atoms with E-state index in [1.807, 2.05) is 17.0 Å². The molecule has 0 radical (unpaired) electrons. The van der Waals surface area contributed by atoms with E-state index in [0.29, 0.717) is 31.5 Å². The smallest absolute Gasteiger partial charge is 0.249 e. The minimum absolute atomic E-state index is 0.266. The summed E-state index contributed by atoms with van der Waals surface area (Å²) in [6, 6.07) is 3.73. The van der Waals surface area contributed by atoms with E-state index in [1.165, 1.54) is 0 Å². The van der Waals surface area contributed by atoms with Crippen molar-refractivity contribution in [3.8, 4) is 11.5 Å². The van der Waals surface area contributed by atoms with Crippen LogP contribution in [0.1, 0.15) is 25.2 Å².